The van der Waals surface area contributed by atoms with Crippen LogP contribution in [0.5, 0.6) is 11.5 Å². The fourth-order valence-electron chi connectivity index (χ4n) is 4.27. The van der Waals surface area contributed by atoms with Crippen molar-refractivity contribution in [3.05, 3.63) is 40.1 Å². The lowest BCUT2D eigenvalue weighted by Crippen LogP contribution is -2.37. The fraction of sp³-hybridized carbons (Fsp3) is 0.522. The molecular weight excluding hydrogens is 456 g/mol. The Kier molecular flexibility index (Phi) is 8.50. The minimum atomic E-state index is -1.12. The summed E-state index contributed by atoms with van der Waals surface area (Å²) in [4.78, 5) is 35.0. The van der Waals surface area contributed by atoms with Crippen LogP contribution in [0.25, 0.3) is 0 Å². The number of nitrogens with one attached hydrogen (secondary N) is 1. The van der Waals surface area contributed by atoms with Crippen LogP contribution in [0.1, 0.15) is 31.2 Å². The molecule has 12 heteroatoms. The number of carbonyl (C=O) groups is 1. The third-order valence-electron chi connectivity index (χ3n) is 6.17. The molecule has 2 N–H and O–H groups in total. The van der Waals surface area contributed by atoms with Gasteiger partial charge in [-0.1, -0.05) is 0 Å². The summed E-state index contributed by atoms with van der Waals surface area (Å²) in [5, 5.41) is 24.8. The number of aromatic nitrogens is 2. The van der Waals surface area contributed by atoms with Crippen LogP contribution in [-0.2, 0) is 6.54 Å². The minimum absolute atomic E-state index is 0.116. The predicted molar refractivity (Wildman–Crippen MR) is 130 cm³/mol. The number of ether oxygens (including phenoxy) is 2. The average molecular weight is 489 g/mol. The number of carboxylic acid groups (broad SMARTS) is 1. The van der Waals surface area contributed by atoms with E-state index in [0.29, 0.717) is 18.2 Å². The van der Waals surface area contributed by atoms with Gasteiger partial charge in [0, 0.05) is 32.9 Å². The van der Waals surface area contributed by atoms with Crippen molar-refractivity contribution in [3.63, 3.8) is 0 Å². The molecule has 1 aliphatic rings. The molecule has 0 aliphatic heterocycles. The van der Waals surface area contributed by atoms with Crippen LogP contribution in [0.3, 0.4) is 0 Å². The van der Waals surface area contributed by atoms with Crippen molar-refractivity contribution < 1.29 is 24.3 Å². The van der Waals surface area contributed by atoms with E-state index in [4.69, 9.17) is 9.47 Å². The SMILES string of the molecule is COc1cc(CN(C[C@H]2CC[C@@H](Nc3nccc(N(C)C)n3)CC2)C(=O)O)c([N+](=O)[O-])cc1OC. The quantitative estimate of drug-likeness (QED) is 0.376. The molecule has 1 aromatic heterocycles. The summed E-state index contributed by atoms with van der Waals surface area (Å²) in [7, 11) is 6.65. The van der Waals surface area contributed by atoms with Crippen LogP contribution >= 0.6 is 0 Å². The first-order valence-electron chi connectivity index (χ1n) is 11.4. The third kappa shape index (κ3) is 6.61. The Morgan fingerprint density at radius 1 is 1.20 bits per heavy atom. The van der Waals surface area contributed by atoms with Gasteiger partial charge in [-0.3, -0.25) is 10.1 Å². The number of amides is 1. The Morgan fingerprint density at radius 3 is 2.43 bits per heavy atom. The van der Waals surface area contributed by atoms with Gasteiger partial charge in [0.05, 0.1) is 37.3 Å². The largest absolute Gasteiger partial charge is 0.493 e. The molecule has 2 aromatic rings. The van der Waals surface area contributed by atoms with E-state index in [1.54, 1.807) is 6.20 Å². The highest BCUT2D eigenvalue weighted by molar-refractivity contribution is 5.66. The van der Waals surface area contributed by atoms with Gasteiger partial charge in [-0.2, -0.15) is 4.98 Å². The molecule has 190 valence electrons. The lowest BCUT2D eigenvalue weighted by atomic mass is 9.85. The summed E-state index contributed by atoms with van der Waals surface area (Å²) < 4.78 is 10.4. The molecule has 1 saturated carbocycles. The third-order valence-corrected chi connectivity index (χ3v) is 6.17. The molecule has 0 radical (unpaired) electrons. The minimum Gasteiger partial charge on any atom is -0.493 e. The van der Waals surface area contributed by atoms with E-state index in [2.05, 4.69) is 15.3 Å². The Bertz CT molecular complexity index is 1040. The first kappa shape index (κ1) is 25.8. The molecule has 1 fully saturated rings. The van der Waals surface area contributed by atoms with Crippen LogP contribution in [0, 0.1) is 16.0 Å². The second-order valence-electron chi connectivity index (χ2n) is 8.75. The van der Waals surface area contributed by atoms with Gasteiger partial charge < -0.3 is 29.7 Å². The highest BCUT2D eigenvalue weighted by atomic mass is 16.6. The molecule has 1 aromatic carbocycles. The van der Waals surface area contributed by atoms with Crippen molar-refractivity contribution in [1.82, 2.24) is 14.9 Å². The van der Waals surface area contributed by atoms with E-state index >= 15 is 0 Å². The number of nitro groups is 1. The topological polar surface area (TPSA) is 143 Å². The predicted octanol–water partition coefficient (Wildman–Crippen LogP) is 3.62. The van der Waals surface area contributed by atoms with Crippen molar-refractivity contribution >= 4 is 23.5 Å². The Hall–Kier alpha value is -3.83. The molecule has 0 bridgehead atoms. The van der Waals surface area contributed by atoms with Gasteiger partial charge in [-0.05, 0) is 43.7 Å². The summed E-state index contributed by atoms with van der Waals surface area (Å²) in [6.07, 6.45) is 3.94. The number of hydrogen-bond acceptors (Lipinski definition) is 9. The maximum atomic E-state index is 12.0. The van der Waals surface area contributed by atoms with Gasteiger partial charge >= 0.3 is 6.09 Å². The van der Waals surface area contributed by atoms with E-state index in [1.165, 1.54) is 31.3 Å². The summed E-state index contributed by atoms with van der Waals surface area (Å²) in [6.45, 7) is 0.176. The molecule has 0 unspecified atom stereocenters. The zero-order valence-electron chi connectivity index (χ0n) is 20.4. The van der Waals surface area contributed by atoms with Crippen molar-refractivity contribution in [2.24, 2.45) is 5.92 Å². The number of rotatable bonds is 10. The van der Waals surface area contributed by atoms with Crippen LogP contribution in [0.2, 0.25) is 0 Å². The first-order chi connectivity index (χ1) is 16.7. The van der Waals surface area contributed by atoms with E-state index in [1.807, 2.05) is 25.1 Å². The molecule has 0 atom stereocenters. The second kappa shape index (κ2) is 11.5. The van der Waals surface area contributed by atoms with Crippen molar-refractivity contribution in [1.29, 1.82) is 0 Å². The number of hydrogen-bond donors (Lipinski definition) is 2. The maximum absolute atomic E-state index is 12.0. The Balaban J connectivity index is 1.64. The van der Waals surface area contributed by atoms with Gasteiger partial charge in [-0.15, -0.1) is 0 Å². The summed E-state index contributed by atoms with van der Waals surface area (Å²) in [5.41, 5.74) is 0.0464. The van der Waals surface area contributed by atoms with Crippen LogP contribution < -0.4 is 19.7 Å². The van der Waals surface area contributed by atoms with E-state index in [9.17, 15) is 20.0 Å². The molecule has 35 heavy (non-hydrogen) atoms. The van der Waals surface area contributed by atoms with Gasteiger partial charge in [0.1, 0.15) is 5.82 Å². The lowest BCUT2D eigenvalue weighted by Gasteiger charge is -2.32. The molecular formula is C23H32N6O6. The Morgan fingerprint density at radius 2 is 1.86 bits per heavy atom. The molecule has 1 heterocycles. The van der Waals surface area contributed by atoms with Crippen molar-refractivity contribution in [2.45, 2.75) is 38.3 Å². The normalized spacial score (nSPS) is 17.4. The van der Waals surface area contributed by atoms with E-state index < -0.39 is 11.0 Å². The summed E-state index contributed by atoms with van der Waals surface area (Å²) in [6, 6.07) is 4.77. The van der Waals surface area contributed by atoms with Gasteiger partial charge in [-0.25, -0.2) is 9.78 Å². The summed E-state index contributed by atoms with van der Waals surface area (Å²) >= 11 is 0. The number of methoxy groups -OCH3 is 2. The van der Waals surface area contributed by atoms with E-state index in [0.717, 1.165) is 31.5 Å². The average Bonchev–Trinajstić information content (AvgIpc) is 2.84. The smallest absolute Gasteiger partial charge is 0.407 e. The van der Waals surface area contributed by atoms with Gasteiger partial charge in [0.15, 0.2) is 11.5 Å². The molecule has 0 saturated heterocycles. The zero-order chi connectivity index (χ0) is 25.5. The molecule has 1 aliphatic carbocycles. The standard InChI is InChI=1S/C23H32N6O6/c1-27(2)21-9-10-24-22(26-21)25-17-7-5-15(6-8-17)13-28(23(30)31)14-16-11-19(34-3)20(35-4)12-18(16)29(32)33/h9-12,15,17H,5-8,13-14H2,1-4H3,(H,30,31)(H,24,25,26)/t15-,17+. The monoisotopic (exact) mass is 488 g/mol. The highest BCUT2D eigenvalue weighted by Gasteiger charge is 2.28. The van der Waals surface area contributed by atoms with Crippen molar-refractivity contribution in [3.8, 4) is 11.5 Å². The second-order valence-corrected chi connectivity index (χ2v) is 8.75. The lowest BCUT2D eigenvalue weighted by molar-refractivity contribution is -0.385. The van der Waals surface area contributed by atoms with Crippen molar-refractivity contribution in [2.75, 3.05) is 45.1 Å². The first-order valence-corrected chi connectivity index (χ1v) is 11.4. The van der Waals surface area contributed by atoms with Crippen LogP contribution in [0.4, 0.5) is 22.2 Å². The zero-order valence-corrected chi connectivity index (χ0v) is 20.4. The van der Waals surface area contributed by atoms with Gasteiger partial charge in [0.2, 0.25) is 5.95 Å². The molecule has 3 rings (SSSR count). The van der Waals surface area contributed by atoms with Crippen LogP contribution in [-0.4, -0.2) is 71.9 Å². The molecule has 1 amide bonds. The molecule has 0 spiro atoms. The number of anilines is 2. The number of nitro benzene ring substituents is 1. The molecule has 12 nitrogen and oxygen atoms in total. The maximum Gasteiger partial charge on any atom is 0.407 e. The number of benzene rings is 1. The van der Waals surface area contributed by atoms with E-state index in [-0.39, 0.29) is 35.5 Å². The van der Waals surface area contributed by atoms with Gasteiger partial charge in [0.25, 0.3) is 5.69 Å². The fourth-order valence-corrected chi connectivity index (χ4v) is 4.27. The highest BCUT2D eigenvalue weighted by Crippen LogP contribution is 2.35. The Labute approximate surface area is 204 Å². The summed E-state index contributed by atoms with van der Waals surface area (Å²) in [5.74, 6) is 2.07. The number of nitrogens with zero attached hydrogens (tertiary/aromatic N) is 5. The van der Waals surface area contributed by atoms with Crippen LogP contribution in [0.15, 0.2) is 24.4 Å².